The molecule has 0 radical (unpaired) electrons. The van der Waals surface area contributed by atoms with Gasteiger partial charge in [0.15, 0.2) is 0 Å². The van der Waals surface area contributed by atoms with Crippen LogP contribution < -0.4 is 0 Å². The van der Waals surface area contributed by atoms with Crippen molar-refractivity contribution in [2.24, 2.45) is 10.3 Å². The van der Waals surface area contributed by atoms with E-state index in [2.05, 4.69) is 10.3 Å². The highest BCUT2D eigenvalue weighted by atomic mass is 16.6. The third kappa shape index (κ3) is 3.73. The van der Waals surface area contributed by atoms with Gasteiger partial charge in [-0.1, -0.05) is 71.0 Å². The molecule has 0 bridgehead atoms. The van der Waals surface area contributed by atoms with E-state index in [-0.39, 0.29) is 0 Å². The molecule has 0 amide bonds. The molecule has 2 aromatic rings. The maximum atomic E-state index is 5.41. The van der Waals surface area contributed by atoms with Crippen molar-refractivity contribution in [3.8, 4) is 0 Å². The van der Waals surface area contributed by atoms with Gasteiger partial charge in [-0.25, -0.2) is 0 Å². The van der Waals surface area contributed by atoms with Crippen LogP contribution in [0, 0.1) is 0 Å². The maximum Gasteiger partial charge on any atom is 0.120 e. The molecule has 2 aromatic carbocycles. The van der Waals surface area contributed by atoms with Gasteiger partial charge in [0.25, 0.3) is 0 Å². The molecule has 0 fully saturated rings. The number of rotatable bonds is 2. The van der Waals surface area contributed by atoms with Crippen molar-refractivity contribution in [2.75, 3.05) is 13.2 Å². The molecule has 4 heteroatoms. The minimum atomic E-state index is 0.534. The number of hydrogen-bond acceptors (Lipinski definition) is 4. The van der Waals surface area contributed by atoms with Gasteiger partial charge in [-0.05, 0) is 11.1 Å². The number of oxime groups is 2. The van der Waals surface area contributed by atoms with Crippen molar-refractivity contribution in [2.45, 2.75) is 12.8 Å². The molecule has 0 unspecified atom stereocenters. The van der Waals surface area contributed by atoms with Gasteiger partial charge in [-0.2, -0.15) is 0 Å². The quantitative estimate of drug-likeness (QED) is 0.849. The summed E-state index contributed by atoms with van der Waals surface area (Å²) in [5.41, 5.74) is 3.78. The molecule has 1 aliphatic heterocycles. The van der Waals surface area contributed by atoms with Crippen LogP contribution in [-0.2, 0) is 9.68 Å². The Kier molecular flexibility index (Phi) is 4.82. The lowest BCUT2D eigenvalue weighted by Gasteiger charge is -2.12. The van der Waals surface area contributed by atoms with Crippen LogP contribution in [0.15, 0.2) is 71.0 Å². The van der Waals surface area contributed by atoms with E-state index >= 15 is 0 Å². The van der Waals surface area contributed by atoms with E-state index in [1.807, 2.05) is 60.7 Å². The lowest BCUT2D eigenvalue weighted by Crippen LogP contribution is -2.14. The largest absolute Gasteiger partial charge is 0.395 e. The van der Waals surface area contributed by atoms with Gasteiger partial charge >= 0.3 is 0 Å². The van der Waals surface area contributed by atoms with E-state index in [1.54, 1.807) is 0 Å². The van der Waals surface area contributed by atoms with Gasteiger partial charge in [0.2, 0.25) is 0 Å². The van der Waals surface area contributed by atoms with Crippen LogP contribution in [0.3, 0.4) is 0 Å². The Labute approximate surface area is 130 Å². The summed E-state index contributed by atoms with van der Waals surface area (Å²) in [5, 5.41) is 8.62. The van der Waals surface area contributed by atoms with Gasteiger partial charge in [0.1, 0.15) is 13.2 Å². The van der Waals surface area contributed by atoms with Crippen molar-refractivity contribution >= 4 is 11.4 Å². The number of nitrogens with zero attached hydrogens (tertiary/aromatic N) is 2. The third-order valence-electron chi connectivity index (χ3n) is 3.37. The van der Waals surface area contributed by atoms with Crippen molar-refractivity contribution in [3.05, 3.63) is 71.8 Å². The maximum absolute atomic E-state index is 5.41. The summed E-state index contributed by atoms with van der Waals surface area (Å²) in [6.45, 7) is 1.07. The molecule has 3 rings (SSSR count). The molecular formula is C18H18N2O2. The topological polar surface area (TPSA) is 43.2 Å². The second-order valence-electron chi connectivity index (χ2n) is 5.00. The summed E-state index contributed by atoms with van der Waals surface area (Å²) in [6, 6.07) is 20.0. The summed E-state index contributed by atoms with van der Waals surface area (Å²) >= 11 is 0. The highest BCUT2D eigenvalue weighted by Crippen LogP contribution is 2.13. The highest BCUT2D eigenvalue weighted by molar-refractivity contribution is 6.17. The average molecular weight is 294 g/mol. The summed E-state index contributed by atoms with van der Waals surface area (Å²) in [4.78, 5) is 10.8. The Balaban J connectivity index is 1.92. The first-order chi connectivity index (χ1) is 10.9. The molecule has 0 aromatic heterocycles. The molecule has 112 valence electrons. The molecule has 0 aliphatic carbocycles. The summed E-state index contributed by atoms with van der Waals surface area (Å²) < 4.78 is 0. The first-order valence-electron chi connectivity index (χ1n) is 7.42. The molecule has 0 N–H and O–H groups in total. The lowest BCUT2D eigenvalue weighted by atomic mass is 10.0. The Morgan fingerprint density at radius 3 is 1.55 bits per heavy atom. The van der Waals surface area contributed by atoms with E-state index in [0.29, 0.717) is 19.6 Å². The van der Waals surface area contributed by atoms with Crippen molar-refractivity contribution in [1.29, 1.82) is 0 Å². The molecule has 22 heavy (non-hydrogen) atoms. The normalized spacial score (nSPS) is 20.5. The van der Waals surface area contributed by atoms with Gasteiger partial charge in [0.05, 0.1) is 11.4 Å². The fourth-order valence-electron chi connectivity index (χ4n) is 2.23. The fourth-order valence-corrected chi connectivity index (χ4v) is 2.23. The first-order valence-corrected chi connectivity index (χ1v) is 7.42. The van der Waals surface area contributed by atoms with Crippen LogP contribution in [0.25, 0.3) is 0 Å². The van der Waals surface area contributed by atoms with Crippen molar-refractivity contribution in [1.82, 2.24) is 0 Å². The van der Waals surface area contributed by atoms with Crippen molar-refractivity contribution in [3.63, 3.8) is 0 Å². The SMILES string of the molecule is c1ccc(/C2=N/OCCCO/N=C(/c3ccccc3)C2)cc1. The van der Waals surface area contributed by atoms with Gasteiger partial charge in [0, 0.05) is 12.8 Å². The van der Waals surface area contributed by atoms with Gasteiger partial charge in [-0.3, -0.25) is 0 Å². The van der Waals surface area contributed by atoms with Crippen LogP contribution in [0.1, 0.15) is 24.0 Å². The molecule has 1 aliphatic rings. The third-order valence-corrected chi connectivity index (χ3v) is 3.37. The predicted molar refractivity (Wildman–Crippen MR) is 87.1 cm³/mol. The molecule has 0 saturated heterocycles. The standard InChI is InChI=1S/C18H18N2O2/c1-3-8-15(9-4-1)17-14-18(16-10-5-2-6-11-16)20-22-13-7-12-21-19-17/h1-6,8-11H,7,12-14H2/b19-17+,20-18+. The van der Waals surface area contributed by atoms with E-state index in [0.717, 1.165) is 29.0 Å². The molecule has 0 spiro atoms. The van der Waals surface area contributed by atoms with E-state index in [4.69, 9.17) is 9.68 Å². The molecular weight excluding hydrogens is 276 g/mol. The van der Waals surface area contributed by atoms with Crippen LogP contribution in [-0.4, -0.2) is 24.6 Å². The lowest BCUT2D eigenvalue weighted by molar-refractivity contribution is 0.0883. The zero-order valence-corrected chi connectivity index (χ0v) is 12.3. The molecule has 4 nitrogen and oxygen atoms in total. The van der Waals surface area contributed by atoms with Crippen LogP contribution in [0.4, 0.5) is 0 Å². The molecule has 0 saturated carbocycles. The Morgan fingerprint density at radius 2 is 1.09 bits per heavy atom. The molecule has 0 atom stereocenters. The van der Waals surface area contributed by atoms with Gasteiger partial charge in [-0.15, -0.1) is 0 Å². The van der Waals surface area contributed by atoms with E-state index < -0.39 is 0 Å². The minimum absolute atomic E-state index is 0.534. The second kappa shape index (κ2) is 7.41. The Morgan fingerprint density at radius 1 is 0.636 bits per heavy atom. The van der Waals surface area contributed by atoms with E-state index in [9.17, 15) is 0 Å². The van der Waals surface area contributed by atoms with Gasteiger partial charge < -0.3 is 9.68 Å². The molecule has 1 heterocycles. The van der Waals surface area contributed by atoms with E-state index in [1.165, 1.54) is 0 Å². The fraction of sp³-hybridized carbons (Fsp3) is 0.222. The smallest absolute Gasteiger partial charge is 0.120 e. The monoisotopic (exact) mass is 294 g/mol. The van der Waals surface area contributed by atoms with Crippen molar-refractivity contribution < 1.29 is 9.68 Å². The number of benzene rings is 2. The van der Waals surface area contributed by atoms with Crippen LogP contribution in [0.2, 0.25) is 0 Å². The average Bonchev–Trinajstić information content (AvgIpc) is 2.60. The second-order valence-corrected chi connectivity index (χ2v) is 5.00. The zero-order chi connectivity index (χ0) is 15.0. The first kappa shape index (κ1) is 14.3. The zero-order valence-electron chi connectivity index (χ0n) is 12.3. The Bertz CT molecular complexity index is 594. The summed E-state index contributed by atoms with van der Waals surface area (Å²) in [6.07, 6.45) is 1.32. The highest BCUT2D eigenvalue weighted by Gasteiger charge is 2.13. The summed E-state index contributed by atoms with van der Waals surface area (Å²) in [7, 11) is 0. The predicted octanol–water partition coefficient (Wildman–Crippen LogP) is 3.62. The number of hydrogen-bond donors (Lipinski definition) is 0. The Hall–Kier alpha value is -2.62. The summed E-state index contributed by atoms with van der Waals surface area (Å²) in [5.74, 6) is 0. The minimum Gasteiger partial charge on any atom is -0.395 e. The van der Waals surface area contributed by atoms with Crippen LogP contribution >= 0.6 is 0 Å². The van der Waals surface area contributed by atoms with Crippen LogP contribution in [0.5, 0.6) is 0 Å².